The molecular formula is C14H20ClNO3S2. The van der Waals surface area contributed by atoms with E-state index in [4.69, 9.17) is 11.6 Å². The molecule has 1 saturated heterocycles. The van der Waals surface area contributed by atoms with Crippen LogP contribution in [0.25, 0.3) is 0 Å². The molecule has 0 radical (unpaired) electrons. The molecule has 1 unspecified atom stereocenters. The molecule has 118 valence electrons. The molecule has 0 spiro atoms. The molecule has 2 heterocycles. The minimum atomic E-state index is -3.57. The number of hydrogen-bond acceptors (Lipinski definition) is 4. The first-order valence-electron chi connectivity index (χ1n) is 7.09. The largest absolute Gasteiger partial charge is 0.300 e. The van der Waals surface area contributed by atoms with Gasteiger partial charge in [0.2, 0.25) is 0 Å². The number of Topliss-reactive ketones (excluding diaryl/α,β-unsaturated/α-hetero) is 1. The number of thiophene rings is 1. The van der Waals surface area contributed by atoms with Crippen molar-refractivity contribution in [2.24, 2.45) is 0 Å². The van der Waals surface area contributed by atoms with Gasteiger partial charge < -0.3 is 0 Å². The summed E-state index contributed by atoms with van der Waals surface area (Å²) in [6.45, 7) is 3.80. The van der Waals surface area contributed by atoms with Crippen LogP contribution >= 0.6 is 22.9 Å². The van der Waals surface area contributed by atoms with Gasteiger partial charge in [-0.05, 0) is 38.3 Å². The highest BCUT2D eigenvalue weighted by molar-refractivity contribution is 7.91. The van der Waals surface area contributed by atoms with Crippen molar-refractivity contribution in [3.05, 3.63) is 16.0 Å². The fourth-order valence-electron chi connectivity index (χ4n) is 2.68. The van der Waals surface area contributed by atoms with Crippen LogP contribution in [-0.2, 0) is 14.8 Å². The van der Waals surface area contributed by atoms with Gasteiger partial charge >= 0.3 is 0 Å². The van der Waals surface area contributed by atoms with Gasteiger partial charge in [-0.1, -0.05) is 24.4 Å². The van der Waals surface area contributed by atoms with Crippen molar-refractivity contribution in [3.8, 4) is 0 Å². The van der Waals surface area contributed by atoms with E-state index in [1.807, 2.05) is 0 Å². The third kappa shape index (κ3) is 3.86. The van der Waals surface area contributed by atoms with E-state index in [-0.39, 0.29) is 22.5 Å². The summed E-state index contributed by atoms with van der Waals surface area (Å²) in [4.78, 5) is 11.5. The highest BCUT2D eigenvalue weighted by Gasteiger charge is 2.34. The van der Waals surface area contributed by atoms with E-state index in [9.17, 15) is 13.2 Å². The fraction of sp³-hybridized carbons (Fsp3) is 0.643. The van der Waals surface area contributed by atoms with Crippen LogP contribution in [0.2, 0.25) is 4.34 Å². The Hall–Kier alpha value is -0.430. The second-order valence-electron chi connectivity index (χ2n) is 5.55. The number of rotatable bonds is 4. The highest BCUT2D eigenvalue weighted by Crippen LogP contribution is 2.34. The lowest BCUT2D eigenvalue weighted by molar-refractivity contribution is -0.117. The monoisotopic (exact) mass is 349 g/mol. The summed E-state index contributed by atoms with van der Waals surface area (Å²) in [5.74, 6) is 0.0301. The smallest absolute Gasteiger partial charge is 0.252 e. The zero-order chi connectivity index (χ0) is 15.6. The molecule has 7 heteroatoms. The summed E-state index contributed by atoms with van der Waals surface area (Å²) in [6.07, 6.45) is 3.85. The molecule has 1 aromatic heterocycles. The van der Waals surface area contributed by atoms with Crippen LogP contribution in [0.1, 0.15) is 44.6 Å². The zero-order valence-corrected chi connectivity index (χ0v) is 14.7. The number of carbonyl (C=O) groups excluding carboxylic acids is 1. The van der Waals surface area contributed by atoms with Gasteiger partial charge in [0, 0.05) is 19.0 Å². The second kappa shape index (κ2) is 6.77. The number of aryl methyl sites for hydroxylation is 1. The highest BCUT2D eigenvalue weighted by atomic mass is 35.5. The first-order chi connectivity index (χ1) is 9.82. The van der Waals surface area contributed by atoms with Crippen molar-refractivity contribution < 1.29 is 13.2 Å². The van der Waals surface area contributed by atoms with Crippen molar-refractivity contribution in [1.82, 2.24) is 4.31 Å². The Morgan fingerprint density at radius 2 is 2.14 bits per heavy atom. The maximum absolute atomic E-state index is 12.9. The lowest BCUT2D eigenvalue weighted by atomic mass is 10.1. The lowest BCUT2D eigenvalue weighted by Crippen LogP contribution is -2.40. The van der Waals surface area contributed by atoms with Gasteiger partial charge in [0.05, 0.1) is 4.34 Å². The number of sulfonamides is 1. The van der Waals surface area contributed by atoms with Crippen LogP contribution in [-0.4, -0.2) is 31.1 Å². The number of halogens is 1. The first kappa shape index (κ1) is 16.9. The molecule has 0 amide bonds. The maximum atomic E-state index is 12.9. The molecule has 0 aromatic carbocycles. The third-order valence-corrected chi connectivity index (χ3v) is 7.70. The molecule has 1 fully saturated rings. The van der Waals surface area contributed by atoms with Crippen molar-refractivity contribution in [2.75, 3.05) is 6.54 Å². The van der Waals surface area contributed by atoms with Gasteiger partial charge in [0.15, 0.2) is 0 Å². The predicted octanol–water partition coefficient (Wildman–Crippen LogP) is 3.62. The van der Waals surface area contributed by atoms with Crippen molar-refractivity contribution in [3.63, 3.8) is 0 Å². The van der Waals surface area contributed by atoms with Gasteiger partial charge in [-0.25, -0.2) is 8.42 Å². The molecule has 21 heavy (non-hydrogen) atoms. The Labute approximate surface area is 135 Å². The molecule has 1 atom stereocenters. The topological polar surface area (TPSA) is 54.5 Å². The number of hydrogen-bond donors (Lipinski definition) is 0. The molecule has 0 N–H and O–H groups in total. The van der Waals surface area contributed by atoms with E-state index in [1.165, 1.54) is 11.2 Å². The molecule has 1 aliphatic heterocycles. The van der Waals surface area contributed by atoms with Gasteiger partial charge in [0.1, 0.15) is 9.99 Å². The molecule has 4 nitrogen and oxygen atoms in total. The van der Waals surface area contributed by atoms with Gasteiger partial charge in [-0.3, -0.25) is 4.79 Å². The van der Waals surface area contributed by atoms with E-state index in [0.29, 0.717) is 10.9 Å². The first-order valence-corrected chi connectivity index (χ1v) is 9.73. The lowest BCUT2D eigenvalue weighted by Gasteiger charge is -2.27. The van der Waals surface area contributed by atoms with Crippen LogP contribution in [0.15, 0.2) is 10.3 Å². The molecule has 2 rings (SSSR count). The normalized spacial score (nSPS) is 21.2. The average molecular weight is 350 g/mol. The SMILES string of the molecule is CC(=O)CC1CCCCCN1S(=O)(=O)c1cc(C)c(Cl)s1. The van der Waals surface area contributed by atoms with Gasteiger partial charge in [-0.15, -0.1) is 11.3 Å². The fourth-order valence-corrected chi connectivity index (χ4v) is 6.21. The van der Waals surface area contributed by atoms with Crippen molar-refractivity contribution >= 4 is 38.7 Å². The standard InChI is InChI=1S/C14H20ClNO3S2/c1-10-8-13(20-14(10)15)21(18,19)16-7-5-3-4-6-12(16)9-11(2)17/h8,12H,3-7,9H2,1-2H3. The van der Waals surface area contributed by atoms with Crippen LogP contribution in [0, 0.1) is 6.92 Å². The van der Waals surface area contributed by atoms with E-state index < -0.39 is 10.0 Å². The Bertz CT molecular complexity index is 605. The summed E-state index contributed by atoms with van der Waals surface area (Å²) in [7, 11) is -3.57. The predicted molar refractivity (Wildman–Crippen MR) is 85.5 cm³/mol. The zero-order valence-electron chi connectivity index (χ0n) is 12.3. The quantitative estimate of drug-likeness (QED) is 0.834. The maximum Gasteiger partial charge on any atom is 0.252 e. The third-order valence-electron chi connectivity index (χ3n) is 3.74. The number of carbonyl (C=O) groups is 1. The van der Waals surface area contributed by atoms with Gasteiger partial charge in [-0.2, -0.15) is 4.31 Å². The van der Waals surface area contributed by atoms with Crippen LogP contribution in [0.5, 0.6) is 0 Å². The van der Waals surface area contributed by atoms with E-state index in [1.54, 1.807) is 13.0 Å². The van der Waals surface area contributed by atoms with E-state index in [0.717, 1.165) is 42.6 Å². The molecule has 0 aliphatic carbocycles. The molecular weight excluding hydrogens is 330 g/mol. The summed E-state index contributed by atoms with van der Waals surface area (Å²) in [5, 5.41) is 0. The number of nitrogens with zero attached hydrogens (tertiary/aromatic N) is 1. The molecule has 0 saturated carbocycles. The van der Waals surface area contributed by atoms with Crippen molar-refractivity contribution in [1.29, 1.82) is 0 Å². The molecule has 1 aliphatic rings. The van der Waals surface area contributed by atoms with E-state index >= 15 is 0 Å². The Balaban J connectivity index is 2.35. The molecule has 0 bridgehead atoms. The second-order valence-corrected chi connectivity index (χ2v) is 9.32. The Kier molecular flexibility index (Phi) is 5.46. The summed E-state index contributed by atoms with van der Waals surface area (Å²) in [5.41, 5.74) is 0.776. The number of ketones is 1. The minimum absolute atomic E-state index is 0.0301. The minimum Gasteiger partial charge on any atom is -0.300 e. The van der Waals surface area contributed by atoms with Crippen LogP contribution < -0.4 is 0 Å². The average Bonchev–Trinajstić information content (AvgIpc) is 2.61. The summed E-state index contributed by atoms with van der Waals surface area (Å²) >= 11 is 7.10. The summed E-state index contributed by atoms with van der Waals surface area (Å²) in [6, 6.07) is 1.40. The van der Waals surface area contributed by atoms with Crippen LogP contribution in [0.4, 0.5) is 0 Å². The van der Waals surface area contributed by atoms with E-state index in [2.05, 4.69) is 0 Å². The van der Waals surface area contributed by atoms with Crippen LogP contribution in [0.3, 0.4) is 0 Å². The summed E-state index contributed by atoms with van der Waals surface area (Å²) < 4.78 is 28.0. The van der Waals surface area contributed by atoms with Crippen molar-refractivity contribution in [2.45, 2.75) is 56.2 Å². The Morgan fingerprint density at radius 3 is 2.71 bits per heavy atom. The molecule has 1 aromatic rings. The Morgan fingerprint density at radius 1 is 1.43 bits per heavy atom. The van der Waals surface area contributed by atoms with Gasteiger partial charge in [0.25, 0.3) is 10.0 Å².